The van der Waals surface area contributed by atoms with E-state index in [4.69, 9.17) is 11.6 Å². The number of hydrogen-bond donors (Lipinski definition) is 2. The summed E-state index contributed by atoms with van der Waals surface area (Å²) in [6.07, 6.45) is -2.42. The van der Waals surface area contributed by atoms with E-state index in [9.17, 15) is 27.9 Å². The SMILES string of the molecule is CN(C(=O)O)c1ccc(-c2cnc([C@@H]3CCc4cc(-c5cc(Cl)ccc5-n5cnnn5)cc(=O)n43)[nH]2)c(C(F)(F)F)c1. The molecule has 2 aromatic carbocycles. The average Bonchev–Trinajstić information content (AvgIpc) is 3.73. The lowest BCUT2D eigenvalue weighted by atomic mass is 10.0. The normalized spacial score (nSPS) is 14.6. The molecule has 0 radical (unpaired) electrons. The van der Waals surface area contributed by atoms with Gasteiger partial charge in [0, 0.05) is 40.6 Å². The van der Waals surface area contributed by atoms with Gasteiger partial charge in [-0.05, 0) is 65.2 Å². The first-order valence-corrected chi connectivity index (χ1v) is 12.9. The van der Waals surface area contributed by atoms with Gasteiger partial charge >= 0.3 is 12.3 Å². The first-order chi connectivity index (χ1) is 20.0. The van der Waals surface area contributed by atoms with Crippen molar-refractivity contribution in [2.24, 2.45) is 0 Å². The molecular formula is C27H20ClF3N8O3. The van der Waals surface area contributed by atoms with Crippen molar-refractivity contribution in [2.45, 2.75) is 25.1 Å². The number of aryl methyl sites for hydroxylation is 1. The van der Waals surface area contributed by atoms with E-state index >= 15 is 0 Å². The summed E-state index contributed by atoms with van der Waals surface area (Å²) in [5.41, 5.74) is 1.04. The Labute approximate surface area is 239 Å². The maximum Gasteiger partial charge on any atom is 0.417 e. The number of hydrogen-bond acceptors (Lipinski definition) is 6. The smallest absolute Gasteiger partial charge is 0.417 e. The average molecular weight is 597 g/mol. The molecule has 2 N–H and O–H groups in total. The van der Waals surface area contributed by atoms with Gasteiger partial charge < -0.3 is 14.7 Å². The van der Waals surface area contributed by atoms with Crippen LogP contribution in [0.25, 0.3) is 28.1 Å². The third-order valence-corrected chi connectivity index (χ3v) is 7.42. The molecule has 214 valence electrons. The number of carbonyl (C=O) groups is 1. The molecule has 1 aliphatic heterocycles. The lowest BCUT2D eigenvalue weighted by molar-refractivity contribution is -0.137. The van der Waals surface area contributed by atoms with E-state index < -0.39 is 23.9 Å². The number of amides is 1. The van der Waals surface area contributed by atoms with Gasteiger partial charge in [0.25, 0.3) is 5.56 Å². The quantitative estimate of drug-likeness (QED) is 0.285. The molecule has 0 aliphatic carbocycles. The first kappa shape index (κ1) is 27.2. The van der Waals surface area contributed by atoms with E-state index in [2.05, 4.69) is 25.5 Å². The summed E-state index contributed by atoms with van der Waals surface area (Å²) < 4.78 is 45.0. The van der Waals surface area contributed by atoms with E-state index in [1.807, 2.05) is 6.07 Å². The molecule has 0 spiro atoms. The zero-order valence-electron chi connectivity index (χ0n) is 21.7. The van der Waals surface area contributed by atoms with Crippen LogP contribution in [0.1, 0.15) is 29.5 Å². The molecule has 6 rings (SSSR count). The Bertz CT molecular complexity index is 1880. The zero-order chi connectivity index (χ0) is 29.8. The third kappa shape index (κ3) is 4.79. The number of aromatic amines is 1. The van der Waals surface area contributed by atoms with E-state index in [0.29, 0.717) is 45.4 Å². The van der Waals surface area contributed by atoms with Crippen LogP contribution in [0.2, 0.25) is 5.02 Å². The van der Waals surface area contributed by atoms with Crippen LogP contribution in [0, 0.1) is 0 Å². The van der Waals surface area contributed by atoms with E-state index in [1.165, 1.54) is 35.4 Å². The fraction of sp³-hybridized carbons (Fsp3) is 0.185. The van der Waals surface area contributed by atoms with Crippen LogP contribution in [-0.4, -0.2) is 53.0 Å². The number of fused-ring (bicyclic) bond motifs is 1. The molecule has 1 atom stereocenters. The molecule has 3 aromatic heterocycles. The molecule has 11 nitrogen and oxygen atoms in total. The number of pyridine rings is 1. The molecule has 0 saturated heterocycles. The Morgan fingerprint density at radius 2 is 1.95 bits per heavy atom. The second-order valence-corrected chi connectivity index (χ2v) is 10.1. The van der Waals surface area contributed by atoms with Crippen LogP contribution in [0.5, 0.6) is 0 Å². The van der Waals surface area contributed by atoms with Crippen molar-refractivity contribution in [3.05, 3.63) is 93.5 Å². The van der Waals surface area contributed by atoms with E-state index in [1.54, 1.807) is 22.8 Å². The summed E-state index contributed by atoms with van der Waals surface area (Å²) in [7, 11) is 1.16. The highest BCUT2D eigenvalue weighted by Gasteiger charge is 2.36. The number of nitrogens with one attached hydrogen (secondary N) is 1. The number of H-pyrrole nitrogens is 1. The summed E-state index contributed by atoms with van der Waals surface area (Å²) in [4.78, 5) is 32.7. The minimum Gasteiger partial charge on any atom is -0.465 e. The molecule has 0 bridgehead atoms. The number of tetrazole rings is 1. The highest BCUT2D eigenvalue weighted by atomic mass is 35.5. The Morgan fingerprint density at radius 1 is 1.14 bits per heavy atom. The number of carboxylic acid groups (broad SMARTS) is 1. The summed E-state index contributed by atoms with van der Waals surface area (Å²) in [6, 6.07) is 11.2. The molecule has 0 fully saturated rings. The molecular weight excluding hydrogens is 577 g/mol. The Hall–Kier alpha value is -4.98. The maximum atomic E-state index is 14.0. The fourth-order valence-corrected chi connectivity index (χ4v) is 5.36. The zero-order valence-corrected chi connectivity index (χ0v) is 22.4. The molecule has 15 heteroatoms. The number of halogens is 4. The fourth-order valence-electron chi connectivity index (χ4n) is 5.18. The van der Waals surface area contributed by atoms with Gasteiger partial charge in [-0.15, -0.1) is 5.10 Å². The van der Waals surface area contributed by atoms with Crippen LogP contribution in [0.4, 0.5) is 23.7 Å². The Morgan fingerprint density at radius 3 is 2.67 bits per heavy atom. The van der Waals surface area contributed by atoms with Crippen molar-refractivity contribution < 1.29 is 23.1 Å². The Balaban J connectivity index is 1.37. The maximum absolute atomic E-state index is 14.0. The highest BCUT2D eigenvalue weighted by molar-refractivity contribution is 6.31. The number of benzene rings is 2. The van der Waals surface area contributed by atoms with Gasteiger partial charge in [-0.25, -0.2) is 9.78 Å². The van der Waals surface area contributed by atoms with Crippen LogP contribution in [0.15, 0.2) is 65.8 Å². The Kier molecular flexibility index (Phi) is 6.56. The van der Waals surface area contributed by atoms with Crippen molar-refractivity contribution in [3.63, 3.8) is 0 Å². The monoisotopic (exact) mass is 596 g/mol. The molecule has 0 unspecified atom stereocenters. The number of alkyl halides is 3. The molecule has 4 heterocycles. The van der Waals surface area contributed by atoms with Crippen LogP contribution in [-0.2, 0) is 12.6 Å². The number of imidazole rings is 1. The van der Waals surface area contributed by atoms with E-state index in [-0.39, 0.29) is 22.5 Å². The summed E-state index contributed by atoms with van der Waals surface area (Å²) >= 11 is 6.26. The molecule has 42 heavy (non-hydrogen) atoms. The van der Waals surface area contributed by atoms with Gasteiger partial charge in [0.05, 0.1) is 29.2 Å². The van der Waals surface area contributed by atoms with Gasteiger partial charge in [0.15, 0.2) is 0 Å². The second-order valence-electron chi connectivity index (χ2n) is 9.67. The van der Waals surface area contributed by atoms with Crippen molar-refractivity contribution in [1.29, 1.82) is 0 Å². The van der Waals surface area contributed by atoms with Crippen LogP contribution in [0.3, 0.4) is 0 Å². The predicted molar refractivity (Wildman–Crippen MR) is 146 cm³/mol. The molecule has 1 aliphatic rings. The van der Waals surface area contributed by atoms with Crippen molar-refractivity contribution >= 4 is 23.4 Å². The molecule has 1 amide bonds. The number of nitrogens with zero attached hydrogens (tertiary/aromatic N) is 7. The lowest BCUT2D eigenvalue weighted by Crippen LogP contribution is -2.24. The largest absolute Gasteiger partial charge is 0.465 e. The summed E-state index contributed by atoms with van der Waals surface area (Å²) in [5, 5.41) is 20.9. The number of aromatic nitrogens is 7. The minimum absolute atomic E-state index is 0.0879. The summed E-state index contributed by atoms with van der Waals surface area (Å²) in [5.74, 6) is 0.329. The van der Waals surface area contributed by atoms with Gasteiger partial charge in [0.1, 0.15) is 12.2 Å². The second kappa shape index (κ2) is 10.1. The van der Waals surface area contributed by atoms with Crippen molar-refractivity contribution in [3.8, 4) is 28.1 Å². The predicted octanol–water partition coefficient (Wildman–Crippen LogP) is 5.20. The standard InChI is InChI=1S/C27H20ClF3N8O3/c1-37(26(41)42)16-3-5-18(20(11-16)27(29,30)31)21-12-32-25(34-21)23-7-4-17-8-14(9-24(40)39(17)23)19-10-15(28)2-6-22(19)38-13-33-35-36-38/h2-3,5-6,8-13,23H,4,7H2,1H3,(H,32,34)(H,41,42)/t23-/m0/s1. The van der Waals surface area contributed by atoms with Crippen molar-refractivity contribution in [1.82, 2.24) is 34.7 Å². The molecule has 0 saturated carbocycles. The van der Waals surface area contributed by atoms with Gasteiger partial charge in [-0.1, -0.05) is 17.7 Å². The van der Waals surface area contributed by atoms with Crippen molar-refractivity contribution in [2.75, 3.05) is 11.9 Å². The third-order valence-electron chi connectivity index (χ3n) is 7.18. The lowest BCUT2D eigenvalue weighted by Gasteiger charge is -2.18. The van der Waals surface area contributed by atoms with Gasteiger partial charge in [0.2, 0.25) is 0 Å². The number of anilines is 1. The molecule has 5 aromatic rings. The first-order valence-electron chi connectivity index (χ1n) is 12.5. The number of rotatable bonds is 5. The minimum atomic E-state index is -4.76. The van der Waals surface area contributed by atoms with Crippen LogP contribution >= 0.6 is 11.6 Å². The highest BCUT2D eigenvalue weighted by Crippen LogP contribution is 2.40. The summed E-state index contributed by atoms with van der Waals surface area (Å²) in [6.45, 7) is 0. The van der Waals surface area contributed by atoms with Gasteiger partial charge in [-0.3, -0.25) is 9.69 Å². The van der Waals surface area contributed by atoms with Gasteiger partial charge in [-0.2, -0.15) is 17.9 Å². The van der Waals surface area contributed by atoms with E-state index in [0.717, 1.165) is 18.8 Å². The topological polar surface area (TPSA) is 135 Å². The van der Waals surface area contributed by atoms with Crippen LogP contribution < -0.4 is 10.5 Å².